The van der Waals surface area contributed by atoms with Gasteiger partial charge in [-0.15, -0.1) is 0 Å². The van der Waals surface area contributed by atoms with Gasteiger partial charge in [-0.1, -0.05) is 20.8 Å². The Kier molecular flexibility index (Phi) is 9.28. The Morgan fingerprint density at radius 3 is 2.28 bits per heavy atom. The van der Waals surface area contributed by atoms with Crippen molar-refractivity contribution in [1.82, 2.24) is 16.0 Å². The smallest absolute Gasteiger partial charge is 0.234 e. The summed E-state index contributed by atoms with van der Waals surface area (Å²) in [6.07, 6.45) is 1.35. The van der Waals surface area contributed by atoms with Crippen LogP contribution in [0.4, 0.5) is 0 Å². The third-order valence-corrected chi connectivity index (χ3v) is 2.78. The van der Waals surface area contributed by atoms with Crippen molar-refractivity contribution >= 4 is 11.8 Å². The summed E-state index contributed by atoms with van der Waals surface area (Å²) in [6.45, 7) is 9.63. The fourth-order valence-electron chi connectivity index (χ4n) is 1.23. The Morgan fingerprint density at radius 1 is 1.06 bits per heavy atom. The fraction of sp³-hybridized carbons (Fsp3) is 0.846. The summed E-state index contributed by atoms with van der Waals surface area (Å²) in [4.78, 5) is 22.8. The van der Waals surface area contributed by atoms with Gasteiger partial charge in [0.1, 0.15) is 0 Å². The standard InChI is InChI=1S/C13H27N3O2/c1-5-7-15-12(17)6-8-14-9-13(18)16-11(4)10(2)3/h10-11,14H,5-9H2,1-4H3,(H,15,17)(H,16,18). The van der Waals surface area contributed by atoms with Crippen LogP contribution in [0.3, 0.4) is 0 Å². The number of amides is 2. The summed E-state index contributed by atoms with van der Waals surface area (Å²) in [5, 5.41) is 8.65. The van der Waals surface area contributed by atoms with E-state index in [0.717, 1.165) is 6.42 Å². The molecule has 0 aliphatic carbocycles. The molecule has 5 nitrogen and oxygen atoms in total. The quantitative estimate of drug-likeness (QED) is 0.531. The highest BCUT2D eigenvalue weighted by Crippen LogP contribution is 1.98. The highest BCUT2D eigenvalue weighted by atomic mass is 16.2. The van der Waals surface area contributed by atoms with Crippen molar-refractivity contribution in [2.45, 2.75) is 46.6 Å². The van der Waals surface area contributed by atoms with Crippen LogP contribution in [0.15, 0.2) is 0 Å². The molecule has 3 N–H and O–H groups in total. The number of carbonyl (C=O) groups excluding carboxylic acids is 2. The van der Waals surface area contributed by atoms with Gasteiger partial charge in [0.25, 0.3) is 0 Å². The lowest BCUT2D eigenvalue weighted by Crippen LogP contribution is -2.41. The summed E-state index contributed by atoms with van der Waals surface area (Å²) in [5.74, 6) is 0.430. The second-order valence-electron chi connectivity index (χ2n) is 4.88. The van der Waals surface area contributed by atoms with Crippen molar-refractivity contribution in [3.63, 3.8) is 0 Å². The van der Waals surface area contributed by atoms with Gasteiger partial charge in [0.2, 0.25) is 11.8 Å². The zero-order valence-corrected chi connectivity index (χ0v) is 12.0. The van der Waals surface area contributed by atoms with Crippen molar-refractivity contribution in [2.75, 3.05) is 19.6 Å². The van der Waals surface area contributed by atoms with Gasteiger partial charge in [0.05, 0.1) is 6.54 Å². The number of hydrogen-bond donors (Lipinski definition) is 3. The van der Waals surface area contributed by atoms with E-state index in [1.165, 1.54) is 0 Å². The third kappa shape index (κ3) is 8.98. The Bertz CT molecular complexity index is 255. The van der Waals surface area contributed by atoms with Crippen LogP contribution in [0.2, 0.25) is 0 Å². The second-order valence-corrected chi connectivity index (χ2v) is 4.88. The van der Waals surface area contributed by atoms with E-state index in [2.05, 4.69) is 29.8 Å². The maximum absolute atomic E-state index is 11.5. The van der Waals surface area contributed by atoms with Gasteiger partial charge >= 0.3 is 0 Å². The number of carbonyl (C=O) groups is 2. The van der Waals surface area contributed by atoms with Gasteiger partial charge in [-0.2, -0.15) is 0 Å². The molecule has 0 spiro atoms. The van der Waals surface area contributed by atoms with E-state index < -0.39 is 0 Å². The fourth-order valence-corrected chi connectivity index (χ4v) is 1.23. The molecule has 0 saturated carbocycles. The van der Waals surface area contributed by atoms with Crippen LogP contribution in [-0.4, -0.2) is 37.5 Å². The first-order valence-electron chi connectivity index (χ1n) is 6.74. The van der Waals surface area contributed by atoms with Crippen LogP contribution in [0.25, 0.3) is 0 Å². The molecule has 0 saturated heterocycles. The maximum atomic E-state index is 11.5. The monoisotopic (exact) mass is 257 g/mol. The second kappa shape index (κ2) is 9.88. The normalized spacial score (nSPS) is 12.3. The van der Waals surface area contributed by atoms with Crippen LogP contribution in [0, 0.1) is 5.92 Å². The van der Waals surface area contributed by atoms with E-state index in [9.17, 15) is 9.59 Å². The number of rotatable bonds is 9. The molecule has 0 aromatic rings. The summed E-state index contributed by atoms with van der Waals surface area (Å²) in [7, 11) is 0. The van der Waals surface area contributed by atoms with Crippen LogP contribution in [0.1, 0.15) is 40.5 Å². The molecule has 1 unspecified atom stereocenters. The van der Waals surface area contributed by atoms with Gasteiger partial charge in [0, 0.05) is 25.6 Å². The Morgan fingerprint density at radius 2 is 1.72 bits per heavy atom. The van der Waals surface area contributed by atoms with E-state index in [1.807, 2.05) is 13.8 Å². The third-order valence-electron chi connectivity index (χ3n) is 2.78. The van der Waals surface area contributed by atoms with E-state index in [4.69, 9.17) is 0 Å². The van der Waals surface area contributed by atoms with Gasteiger partial charge < -0.3 is 16.0 Å². The molecule has 0 aliphatic heterocycles. The van der Waals surface area contributed by atoms with Gasteiger partial charge in [-0.25, -0.2) is 0 Å². The summed E-state index contributed by atoms with van der Waals surface area (Å²) < 4.78 is 0. The molecular formula is C13H27N3O2. The minimum absolute atomic E-state index is 0.0230. The van der Waals surface area contributed by atoms with Gasteiger partial charge in [-0.3, -0.25) is 9.59 Å². The maximum Gasteiger partial charge on any atom is 0.234 e. The first-order chi connectivity index (χ1) is 8.47. The van der Waals surface area contributed by atoms with Crippen LogP contribution < -0.4 is 16.0 Å². The molecule has 0 radical (unpaired) electrons. The van der Waals surface area contributed by atoms with Crippen LogP contribution in [-0.2, 0) is 9.59 Å². The molecule has 0 aromatic heterocycles. The predicted molar refractivity (Wildman–Crippen MR) is 73.2 cm³/mol. The Labute approximate surface area is 110 Å². The molecule has 0 rings (SSSR count). The molecule has 0 fully saturated rings. The lowest BCUT2D eigenvalue weighted by atomic mass is 10.1. The van der Waals surface area contributed by atoms with E-state index in [-0.39, 0.29) is 24.4 Å². The highest BCUT2D eigenvalue weighted by Gasteiger charge is 2.10. The van der Waals surface area contributed by atoms with Crippen molar-refractivity contribution in [2.24, 2.45) is 5.92 Å². The van der Waals surface area contributed by atoms with Crippen LogP contribution in [0.5, 0.6) is 0 Å². The van der Waals surface area contributed by atoms with Crippen LogP contribution >= 0.6 is 0 Å². The SMILES string of the molecule is CCCNC(=O)CCNCC(=O)NC(C)C(C)C. The molecule has 106 valence electrons. The summed E-state index contributed by atoms with van der Waals surface area (Å²) in [6, 6.07) is 0.173. The molecule has 0 bridgehead atoms. The zero-order chi connectivity index (χ0) is 14.0. The topological polar surface area (TPSA) is 70.2 Å². The van der Waals surface area contributed by atoms with Crippen molar-refractivity contribution in [3.05, 3.63) is 0 Å². The van der Waals surface area contributed by atoms with Crippen molar-refractivity contribution < 1.29 is 9.59 Å². The van der Waals surface area contributed by atoms with E-state index in [0.29, 0.717) is 25.4 Å². The lowest BCUT2D eigenvalue weighted by Gasteiger charge is -2.17. The summed E-state index contributed by atoms with van der Waals surface area (Å²) in [5.41, 5.74) is 0. The summed E-state index contributed by atoms with van der Waals surface area (Å²) >= 11 is 0. The number of nitrogens with one attached hydrogen (secondary N) is 3. The first kappa shape index (κ1) is 16.9. The minimum atomic E-state index is -0.0230. The minimum Gasteiger partial charge on any atom is -0.356 e. The largest absolute Gasteiger partial charge is 0.356 e. The van der Waals surface area contributed by atoms with E-state index in [1.54, 1.807) is 0 Å². The molecule has 1 atom stereocenters. The van der Waals surface area contributed by atoms with Gasteiger partial charge in [0.15, 0.2) is 0 Å². The number of hydrogen-bond acceptors (Lipinski definition) is 3. The molecule has 5 heteroatoms. The van der Waals surface area contributed by atoms with Crippen molar-refractivity contribution in [3.8, 4) is 0 Å². The molecular weight excluding hydrogens is 230 g/mol. The first-order valence-corrected chi connectivity index (χ1v) is 6.74. The van der Waals surface area contributed by atoms with Gasteiger partial charge in [-0.05, 0) is 19.3 Å². The molecule has 2 amide bonds. The predicted octanol–water partition coefficient (Wildman–Crippen LogP) is 0.653. The molecule has 0 heterocycles. The Balaban J connectivity index is 3.54. The molecule has 18 heavy (non-hydrogen) atoms. The zero-order valence-electron chi connectivity index (χ0n) is 12.0. The average molecular weight is 257 g/mol. The molecule has 0 aromatic carbocycles. The lowest BCUT2D eigenvalue weighted by molar-refractivity contribution is -0.122. The molecule has 0 aliphatic rings. The average Bonchev–Trinajstić information content (AvgIpc) is 2.31. The highest BCUT2D eigenvalue weighted by molar-refractivity contribution is 5.78. The Hall–Kier alpha value is -1.10. The van der Waals surface area contributed by atoms with E-state index >= 15 is 0 Å². The van der Waals surface area contributed by atoms with Crippen molar-refractivity contribution in [1.29, 1.82) is 0 Å².